The van der Waals surface area contributed by atoms with Crippen LogP contribution in [0.3, 0.4) is 0 Å². The predicted molar refractivity (Wildman–Crippen MR) is 222 cm³/mol. The van der Waals surface area contributed by atoms with Gasteiger partial charge in [-0.2, -0.15) is 13.0 Å². The smallest absolute Gasteiger partial charge is 0.294 e. The topological polar surface area (TPSA) is 196 Å². The van der Waals surface area contributed by atoms with Crippen LogP contribution in [0, 0.1) is 0 Å². The molecule has 0 spiro atoms. The first-order chi connectivity index (χ1) is 27.2. The van der Waals surface area contributed by atoms with Gasteiger partial charge in [-0.3, -0.25) is 14.1 Å². The Balaban J connectivity index is 1.23. The molecule has 0 bridgehead atoms. The van der Waals surface area contributed by atoms with Crippen LogP contribution >= 0.6 is 0 Å². The molecule has 0 fully saturated rings. The first kappa shape index (κ1) is 44.0. The Morgan fingerprint density at radius 2 is 1.52 bits per heavy atom. The zero-order chi connectivity index (χ0) is 42.5. The van der Waals surface area contributed by atoms with Gasteiger partial charge < -0.3 is 25.2 Å². The number of benzene rings is 3. The number of nitrogens with one attached hydrogen (secondary N) is 2. The van der Waals surface area contributed by atoms with Gasteiger partial charge in [-0.25, -0.2) is 8.42 Å². The molecule has 0 saturated heterocycles. The van der Waals surface area contributed by atoms with Gasteiger partial charge in [0.25, 0.3) is 10.1 Å². The molecule has 2 heterocycles. The molecule has 0 saturated carbocycles. The maximum absolute atomic E-state index is 12.5. The Bertz CT molecular complexity index is 2400. The van der Waals surface area contributed by atoms with Crippen LogP contribution in [0.25, 0.3) is 0 Å². The Hall–Kier alpha value is -5.09. The van der Waals surface area contributed by atoms with Gasteiger partial charge in [0.1, 0.15) is 22.4 Å². The van der Waals surface area contributed by atoms with Crippen LogP contribution in [-0.2, 0) is 47.1 Å². The van der Waals surface area contributed by atoms with Crippen molar-refractivity contribution in [3.63, 3.8) is 0 Å². The normalized spacial score (nSPS) is 16.7. The van der Waals surface area contributed by atoms with Crippen LogP contribution in [0.2, 0.25) is 0 Å². The molecular weight excluding hydrogens is 781 g/mol. The minimum atomic E-state index is -4.61. The number of nitrogens with zero attached hydrogens (tertiary/aromatic N) is 2. The zero-order valence-electron chi connectivity index (χ0n) is 33.5. The maximum atomic E-state index is 12.5. The fraction of sp³-hybridized carbons (Fsp3) is 0.372. The summed E-state index contributed by atoms with van der Waals surface area (Å²) in [5.74, 6) is -0.326. The van der Waals surface area contributed by atoms with E-state index in [0.717, 1.165) is 52.3 Å². The van der Waals surface area contributed by atoms with Crippen molar-refractivity contribution < 1.29 is 45.2 Å². The van der Waals surface area contributed by atoms with E-state index in [-0.39, 0.29) is 40.3 Å². The van der Waals surface area contributed by atoms with E-state index in [4.69, 9.17) is 0 Å². The molecule has 2 amide bonds. The third kappa shape index (κ3) is 10.1. The van der Waals surface area contributed by atoms with Crippen LogP contribution in [0.5, 0.6) is 5.75 Å². The lowest BCUT2D eigenvalue weighted by Gasteiger charge is -2.25. The lowest BCUT2D eigenvalue weighted by Crippen LogP contribution is -2.37. The summed E-state index contributed by atoms with van der Waals surface area (Å²) >= 11 is 0. The van der Waals surface area contributed by atoms with Crippen LogP contribution in [0.4, 0.5) is 11.4 Å². The number of aromatic hydroxyl groups is 1. The molecule has 0 unspecified atom stereocenters. The molecule has 5 rings (SSSR count). The number of unbranched alkanes of at least 4 members (excludes halogenated alkanes) is 2. The molecule has 2 aliphatic heterocycles. The van der Waals surface area contributed by atoms with Crippen molar-refractivity contribution in [2.45, 2.75) is 87.3 Å². The lowest BCUT2D eigenvalue weighted by molar-refractivity contribution is -0.438. The molecule has 3 aromatic carbocycles. The summed E-state index contributed by atoms with van der Waals surface area (Å²) in [7, 11) is -9.04. The molecule has 2 aliphatic rings. The van der Waals surface area contributed by atoms with Crippen molar-refractivity contribution in [3.05, 3.63) is 113 Å². The average Bonchev–Trinajstić information content (AvgIpc) is 3.51. The van der Waals surface area contributed by atoms with E-state index in [0.29, 0.717) is 32.5 Å². The van der Waals surface area contributed by atoms with Crippen LogP contribution < -0.4 is 15.5 Å². The van der Waals surface area contributed by atoms with Crippen molar-refractivity contribution in [1.29, 1.82) is 0 Å². The number of likely N-dealkylation sites (N-methyl/N-ethyl adjacent to an activating group) is 1. The molecule has 13 nitrogen and oxygen atoms in total. The summed E-state index contributed by atoms with van der Waals surface area (Å²) in [4.78, 5) is 26.3. The number of hydrogen-bond acceptors (Lipinski definition) is 9. The second-order valence-corrected chi connectivity index (χ2v) is 18.3. The standard InChI is InChI=1S/C43H52N4O9S2/c1-6-46-36-22-20-32(57(51,52)53)27-34(36)42(2,3)38(46)13-9-7-10-14-39-43(4,5)35-28-33(58(54,55)56)21-23-37(35)47(39)26-12-8-11-15-40(49)45-29-41(50)44-25-24-30-16-18-31(48)19-17-30/h7,9-10,13-14,16-23,27-28H,6,8,11-12,15,24-26,29H2,1-5H3,(H4-,44,45,48,49,50,51,52,53,54,55,56). The second kappa shape index (κ2) is 17.8. The fourth-order valence-electron chi connectivity index (χ4n) is 7.64. The fourth-order valence-corrected chi connectivity index (χ4v) is 8.64. The monoisotopic (exact) mass is 832 g/mol. The van der Waals surface area contributed by atoms with E-state index < -0.39 is 31.1 Å². The number of carbonyl (C=O) groups is 2. The van der Waals surface area contributed by atoms with Gasteiger partial charge in [-0.05, 0) is 99.7 Å². The van der Waals surface area contributed by atoms with Crippen molar-refractivity contribution in [2.24, 2.45) is 0 Å². The Labute approximate surface area is 341 Å². The van der Waals surface area contributed by atoms with Crippen molar-refractivity contribution in [1.82, 2.24) is 10.6 Å². The maximum Gasteiger partial charge on any atom is 0.294 e. The van der Waals surface area contributed by atoms with Crippen molar-refractivity contribution >= 4 is 49.1 Å². The Morgan fingerprint density at radius 1 is 0.828 bits per heavy atom. The van der Waals surface area contributed by atoms with Gasteiger partial charge in [-0.1, -0.05) is 44.2 Å². The highest BCUT2D eigenvalue weighted by atomic mass is 32.2. The highest BCUT2D eigenvalue weighted by molar-refractivity contribution is 7.86. The van der Waals surface area contributed by atoms with E-state index in [2.05, 4.69) is 20.1 Å². The van der Waals surface area contributed by atoms with Gasteiger partial charge in [-0.15, -0.1) is 0 Å². The number of allylic oxidation sites excluding steroid dienone is 6. The second-order valence-electron chi connectivity index (χ2n) is 15.5. The first-order valence-electron chi connectivity index (χ1n) is 19.3. The molecule has 15 heteroatoms. The Kier molecular flexibility index (Phi) is 13.5. The van der Waals surface area contributed by atoms with E-state index in [1.165, 1.54) is 24.3 Å². The number of phenols is 1. The quantitative estimate of drug-likeness (QED) is 0.0561. The molecule has 0 atom stereocenters. The largest absolute Gasteiger partial charge is 0.744 e. The van der Waals surface area contributed by atoms with Crippen LogP contribution in [0.15, 0.2) is 107 Å². The lowest BCUT2D eigenvalue weighted by atomic mass is 9.81. The van der Waals surface area contributed by atoms with Crippen molar-refractivity contribution in [3.8, 4) is 5.75 Å². The van der Waals surface area contributed by atoms with E-state index in [1.54, 1.807) is 36.4 Å². The van der Waals surface area contributed by atoms with Gasteiger partial charge in [0.15, 0.2) is 5.71 Å². The molecule has 310 valence electrons. The summed E-state index contributed by atoms with van der Waals surface area (Å²) in [6.07, 6.45) is 12.5. The summed E-state index contributed by atoms with van der Waals surface area (Å²) in [6, 6.07) is 15.8. The summed E-state index contributed by atoms with van der Waals surface area (Å²) in [5.41, 5.74) is 4.79. The number of rotatable bonds is 17. The molecule has 58 heavy (non-hydrogen) atoms. The van der Waals surface area contributed by atoms with Crippen molar-refractivity contribution in [2.75, 3.05) is 31.1 Å². The number of hydrogen-bond donors (Lipinski definition) is 4. The molecule has 0 aromatic heterocycles. The summed E-state index contributed by atoms with van der Waals surface area (Å²) in [5, 5.41) is 14.8. The van der Waals surface area contributed by atoms with Gasteiger partial charge in [0.2, 0.25) is 17.5 Å². The SMILES string of the molecule is CCN1C(=CC=CC=CC2=[N+](CCCCCC(=O)NCC(=O)NCCc3ccc(O)cc3)c3ccc(S(=O)(=O)O)cc3C2(C)C)C(C)(C)c2cc(S(=O)(=O)[O-])ccc21. The number of phenolic OH excluding ortho intramolecular Hbond substituents is 1. The van der Waals surface area contributed by atoms with Gasteiger partial charge >= 0.3 is 0 Å². The summed E-state index contributed by atoms with van der Waals surface area (Å²) in [6.45, 7) is 11.5. The molecular formula is C43H52N4O9S2. The third-order valence-electron chi connectivity index (χ3n) is 10.8. The van der Waals surface area contributed by atoms with Gasteiger partial charge in [0, 0.05) is 60.4 Å². The van der Waals surface area contributed by atoms with E-state index >= 15 is 0 Å². The number of anilines is 1. The van der Waals surface area contributed by atoms with E-state index in [1.807, 2.05) is 65.0 Å². The van der Waals surface area contributed by atoms with Crippen LogP contribution in [0.1, 0.15) is 77.0 Å². The van der Waals surface area contributed by atoms with E-state index in [9.17, 15) is 40.6 Å². The number of carbonyl (C=O) groups excluding carboxylic acids is 2. The summed E-state index contributed by atoms with van der Waals surface area (Å²) < 4.78 is 71.4. The molecule has 3 aromatic rings. The highest BCUT2D eigenvalue weighted by Crippen LogP contribution is 2.48. The minimum absolute atomic E-state index is 0.117. The number of amides is 2. The molecule has 0 aliphatic carbocycles. The molecule has 4 N–H and O–H groups in total. The number of fused-ring (bicyclic) bond motifs is 2. The van der Waals surface area contributed by atoms with Crippen LogP contribution in [-0.4, -0.2) is 79.3 Å². The third-order valence-corrected chi connectivity index (χ3v) is 12.4. The predicted octanol–water partition coefficient (Wildman–Crippen LogP) is 5.77. The average molecular weight is 833 g/mol. The van der Waals surface area contributed by atoms with Gasteiger partial charge in [0.05, 0.1) is 21.8 Å². The minimum Gasteiger partial charge on any atom is -0.744 e. The zero-order valence-corrected chi connectivity index (χ0v) is 35.1. The molecule has 0 radical (unpaired) electrons. The highest BCUT2D eigenvalue weighted by Gasteiger charge is 2.45. The first-order valence-corrected chi connectivity index (χ1v) is 22.1. The Morgan fingerprint density at radius 3 is 2.19 bits per heavy atom.